The van der Waals surface area contributed by atoms with Crippen molar-refractivity contribution in [2.24, 2.45) is 0 Å². The van der Waals surface area contributed by atoms with Crippen molar-refractivity contribution in [2.45, 2.75) is 44.2 Å². The number of carbonyl (C=O) groups is 2. The van der Waals surface area contributed by atoms with Crippen LogP contribution in [-0.4, -0.2) is 53.4 Å². The summed E-state index contributed by atoms with van der Waals surface area (Å²) in [6.07, 6.45) is 3.34. The van der Waals surface area contributed by atoms with Crippen LogP contribution in [0.4, 0.5) is 5.82 Å². The minimum Gasteiger partial charge on any atom is -0.353 e. The summed E-state index contributed by atoms with van der Waals surface area (Å²) in [5.74, 6) is 0.829. The van der Waals surface area contributed by atoms with Crippen molar-refractivity contribution in [3.05, 3.63) is 70.7 Å². The fourth-order valence-electron chi connectivity index (χ4n) is 5.76. The van der Waals surface area contributed by atoms with Crippen molar-refractivity contribution in [1.82, 2.24) is 15.2 Å². The van der Waals surface area contributed by atoms with Gasteiger partial charge in [-0.1, -0.05) is 44.2 Å². The molecule has 0 radical (unpaired) electrons. The quantitative estimate of drug-likeness (QED) is 0.629. The Kier molecular flexibility index (Phi) is 4.99. The maximum Gasteiger partial charge on any atom is 0.262 e. The molecule has 4 heterocycles. The molecule has 3 aromatic rings. The first kappa shape index (κ1) is 21.4. The van der Waals surface area contributed by atoms with E-state index in [1.54, 1.807) is 17.5 Å². The number of thiophene rings is 1. The van der Waals surface area contributed by atoms with Gasteiger partial charge in [-0.3, -0.25) is 9.59 Å². The third-order valence-corrected chi connectivity index (χ3v) is 8.63. The number of pyridine rings is 1. The zero-order valence-corrected chi connectivity index (χ0v) is 20.3. The van der Waals surface area contributed by atoms with Crippen LogP contribution in [0.5, 0.6) is 0 Å². The van der Waals surface area contributed by atoms with Gasteiger partial charge in [0.15, 0.2) is 0 Å². The zero-order chi connectivity index (χ0) is 23.4. The van der Waals surface area contributed by atoms with Crippen LogP contribution in [0.15, 0.2) is 54.7 Å². The van der Waals surface area contributed by atoms with Gasteiger partial charge >= 0.3 is 0 Å². The molecule has 2 aliphatic heterocycles. The minimum atomic E-state index is -0.468. The largest absolute Gasteiger partial charge is 0.353 e. The lowest BCUT2D eigenvalue weighted by atomic mass is 9.73. The molecule has 1 N–H and O–H groups in total. The zero-order valence-electron chi connectivity index (χ0n) is 19.5. The molecule has 1 aromatic carbocycles. The van der Waals surface area contributed by atoms with Crippen LogP contribution in [0.25, 0.3) is 10.4 Å². The summed E-state index contributed by atoms with van der Waals surface area (Å²) in [6, 6.07) is 16.0. The molecule has 1 aliphatic carbocycles. The molecule has 2 amide bonds. The van der Waals surface area contributed by atoms with Gasteiger partial charge in [0.1, 0.15) is 11.9 Å². The van der Waals surface area contributed by atoms with Crippen LogP contribution in [0.1, 0.15) is 41.1 Å². The van der Waals surface area contributed by atoms with Gasteiger partial charge in [0, 0.05) is 30.7 Å². The average Bonchev–Trinajstić information content (AvgIpc) is 3.40. The maximum atomic E-state index is 13.2. The highest BCUT2D eigenvalue weighted by Gasteiger charge is 2.43. The van der Waals surface area contributed by atoms with Crippen LogP contribution < -0.4 is 10.2 Å². The number of nitrogens with zero attached hydrogens (tertiary/aromatic N) is 3. The summed E-state index contributed by atoms with van der Waals surface area (Å²) in [5.41, 5.74) is 3.81. The van der Waals surface area contributed by atoms with Gasteiger partial charge in [0.25, 0.3) is 5.91 Å². The van der Waals surface area contributed by atoms with E-state index in [9.17, 15) is 9.59 Å². The molecule has 0 bridgehead atoms. The van der Waals surface area contributed by atoms with Gasteiger partial charge in [-0.25, -0.2) is 4.98 Å². The molecule has 6 rings (SSSR count). The number of anilines is 1. The summed E-state index contributed by atoms with van der Waals surface area (Å²) < 4.78 is 0. The first-order valence-corrected chi connectivity index (χ1v) is 12.7. The van der Waals surface area contributed by atoms with Crippen molar-refractivity contribution in [3.8, 4) is 10.4 Å². The Morgan fingerprint density at radius 2 is 1.97 bits per heavy atom. The second-order valence-corrected chi connectivity index (χ2v) is 11.2. The Labute approximate surface area is 203 Å². The number of piperazine rings is 1. The normalized spacial score (nSPS) is 22.7. The van der Waals surface area contributed by atoms with E-state index in [2.05, 4.69) is 53.3 Å². The number of hydrogen-bond donors (Lipinski definition) is 1. The highest BCUT2D eigenvalue weighted by molar-refractivity contribution is 7.17. The molecule has 2 fully saturated rings. The van der Waals surface area contributed by atoms with Crippen molar-refractivity contribution >= 4 is 29.0 Å². The van der Waals surface area contributed by atoms with Gasteiger partial charge in [-0.15, -0.1) is 11.3 Å². The van der Waals surface area contributed by atoms with Gasteiger partial charge in [0.2, 0.25) is 5.91 Å². The Balaban J connectivity index is 1.18. The summed E-state index contributed by atoms with van der Waals surface area (Å²) in [7, 11) is 0. The lowest BCUT2D eigenvalue weighted by Crippen LogP contribution is -2.52. The molecule has 3 aliphatic rings. The van der Waals surface area contributed by atoms with E-state index in [0.29, 0.717) is 17.8 Å². The lowest BCUT2D eigenvalue weighted by Gasteiger charge is -2.37. The number of hydrogen-bond acceptors (Lipinski definition) is 5. The number of carbonyl (C=O) groups excluding carboxylic acids is 2. The predicted molar refractivity (Wildman–Crippen MR) is 134 cm³/mol. The highest BCUT2D eigenvalue weighted by atomic mass is 32.1. The van der Waals surface area contributed by atoms with Crippen molar-refractivity contribution < 1.29 is 9.59 Å². The van der Waals surface area contributed by atoms with Gasteiger partial charge in [-0.2, -0.15) is 0 Å². The lowest BCUT2D eigenvalue weighted by molar-refractivity contribution is -0.130. The van der Waals surface area contributed by atoms with E-state index in [1.165, 1.54) is 21.6 Å². The van der Waals surface area contributed by atoms with E-state index in [0.717, 1.165) is 25.3 Å². The van der Waals surface area contributed by atoms with Crippen LogP contribution in [0.2, 0.25) is 0 Å². The summed E-state index contributed by atoms with van der Waals surface area (Å²) in [6.45, 7) is 6.67. The molecule has 34 heavy (non-hydrogen) atoms. The smallest absolute Gasteiger partial charge is 0.262 e. The van der Waals surface area contributed by atoms with Crippen LogP contribution >= 0.6 is 11.3 Å². The molecule has 2 atom stereocenters. The topological polar surface area (TPSA) is 65.5 Å². The second kappa shape index (κ2) is 7.94. The van der Waals surface area contributed by atoms with Crippen molar-refractivity contribution in [2.75, 3.05) is 24.5 Å². The first-order chi connectivity index (χ1) is 16.4. The number of aromatic nitrogens is 1. The average molecular weight is 473 g/mol. The first-order valence-electron chi connectivity index (χ1n) is 11.9. The van der Waals surface area contributed by atoms with Crippen molar-refractivity contribution in [3.63, 3.8) is 0 Å². The molecular formula is C27H28N4O2S. The number of amides is 2. The van der Waals surface area contributed by atoms with Crippen LogP contribution in [0.3, 0.4) is 0 Å². The summed E-state index contributed by atoms with van der Waals surface area (Å²) in [5, 5.41) is 3.06. The summed E-state index contributed by atoms with van der Waals surface area (Å²) >= 11 is 1.54. The predicted octanol–water partition coefficient (Wildman–Crippen LogP) is 3.86. The van der Waals surface area contributed by atoms with E-state index in [1.807, 2.05) is 29.2 Å². The molecule has 2 saturated heterocycles. The van der Waals surface area contributed by atoms with Gasteiger partial charge in [0.05, 0.1) is 10.9 Å². The van der Waals surface area contributed by atoms with E-state index in [-0.39, 0.29) is 23.3 Å². The minimum absolute atomic E-state index is 0.0301. The number of fused-ring (bicyclic) bond motifs is 4. The highest BCUT2D eigenvalue weighted by Crippen LogP contribution is 2.46. The molecule has 7 heteroatoms. The second-order valence-electron chi connectivity index (χ2n) is 10.2. The monoisotopic (exact) mass is 472 g/mol. The number of benzene rings is 1. The third kappa shape index (κ3) is 3.50. The molecule has 0 saturated carbocycles. The molecule has 0 spiro atoms. The van der Waals surface area contributed by atoms with Gasteiger partial charge < -0.3 is 15.1 Å². The Hall–Kier alpha value is -3.19. The van der Waals surface area contributed by atoms with E-state index >= 15 is 0 Å². The number of nitrogens with one attached hydrogen (secondary N) is 1. The SMILES string of the molecule is CC1(C)Cc2cc(C(=O)NC3CC4CN(c5ccccn5)CCN4C3=O)sc2-c2ccccc21. The van der Waals surface area contributed by atoms with Gasteiger partial charge in [-0.05, 0) is 53.1 Å². The third-order valence-electron chi connectivity index (χ3n) is 7.42. The van der Waals surface area contributed by atoms with E-state index in [4.69, 9.17) is 0 Å². The molecule has 2 unspecified atom stereocenters. The number of rotatable bonds is 3. The maximum absolute atomic E-state index is 13.2. The molecule has 174 valence electrons. The molecular weight excluding hydrogens is 444 g/mol. The Morgan fingerprint density at radius 1 is 1.15 bits per heavy atom. The molecule has 2 aromatic heterocycles. The Bertz CT molecular complexity index is 1270. The van der Waals surface area contributed by atoms with E-state index < -0.39 is 6.04 Å². The van der Waals surface area contributed by atoms with Crippen LogP contribution in [-0.2, 0) is 16.6 Å². The summed E-state index contributed by atoms with van der Waals surface area (Å²) in [4.78, 5) is 36.8. The van der Waals surface area contributed by atoms with Crippen molar-refractivity contribution in [1.29, 1.82) is 0 Å². The fraction of sp³-hybridized carbons (Fsp3) is 0.370. The fourth-order valence-corrected chi connectivity index (χ4v) is 6.88. The standard InChI is InChI=1S/C27H28N4O2S/c1-27(2)15-17-13-22(34-24(17)19-7-3-4-8-20(19)27)25(32)29-21-14-18-16-30(11-12-31(18)26(21)33)23-9-5-6-10-28-23/h3-10,13,18,21H,11-12,14-16H2,1-2H3,(H,29,32). The molecule has 6 nitrogen and oxygen atoms in total. The van der Waals surface area contributed by atoms with Crippen LogP contribution in [0, 0.1) is 0 Å². The Morgan fingerprint density at radius 3 is 2.79 bits per heavy atom.